The topological polar surface area (TPSA) is 76.7 Å². The molecule has 2 aromatic rings. The summed E-state index contributed by atoms with van der Waals surface area (Å²) in [4.78, 5) is 23.8. The van der Waals surface area contributed by atoms with E-state index in [1.54, 1.807) is 30.3 Å². The first-order chi connectivity index (χ1) is 13.5. The van der Waals surface area contributed by atoms with Crippen LogP contribution in [0.4, 0.5) is 14.5 Å². The number of nitrogens with one attached hydrogen (secondary N) is 2. The first-order valence-electron chi connectivity index (χ1n) is 8.79. The highest BCUT2D eigenvalue weighted by Gasteiger charge is 2.16. The maximum absolute atomic E-state index is 12.4. The predicted molar refractivity (Wildman–Crippen MR) is 99.1 cm³/mol. The minimum Gasteiger partial charge on any atom is -0.493 e. The fraction of sp³-hybridized carbons (Fsp3) is 0.300. The number of halogens is 2. The third kappa shape index (κ3) is 4.76. The third-order valence-electron chi connectivity index (χ3n) is 4.41. The number of rotatable bonds is 7. The molecule has 1 aliphatic heterocycles. The molecule has 0 aliphatic carbocycles. The number of amides is 2. The maximum Gasteiger partial charge on any atom is 0.387 e. The second-order valence-corrected chi connectivity index (χ2v) is 6.29. The number of aryl methyl sites for hydroxylation is 1. The second-order valence-electron chi connectivity index (χ2n) is 6.29. The fourth-order valence-electron chi connectivity index (χ4n) is 3.01. The third-order valence-corrected chi connectivity index (χ3v) is 4.41. The number of ether oxygens (including phenoxy) is 2. The summed E-state index contributed by atoms with van der Waals surface area (Å²) in [6.45, 7) is -2.56. The molecule has 1 heterocycles. The Morgan fingerprint density at radius 3 is 2.75 bits per heavy atom. The van der Waals surface area contributed by atoms with Crippen LogP contribution in [0.1, 0.15) is 27.9 Å². The summed E-state index contributed by atoms with van der Waals surface area (Å²) in [5, 5.41) is 5.61. The van der Waals surface area contributed by atoms with Gasteiger partial charge in [-0.1, -0.05) is 6.07 Å². The molecular formula is C20H20F2N2O4. The van der Waals surface area contributed by atoms with Crippen LogP contribution in [-0.4, -0.2) is 32.1 Å². The number of hydrogen-bond donors (Lipinski definition) is 2. The van der Waals surface area contributed by atoms with Gasteiger partial charge in [0.2, 0.25) is 5.91 Å². The standard InChI is InChI=1S/C20H20F2N2O4/c1-27-17-10-12(2-6-16(17)28-20(21)22)8-9-23-19(26)14-3-5-15-13(11-14)4-7-18(25)24-15/h2-3,5-6,10-11,20H,4,7-9H2,1H3,(H,23,26)(H,24,25). The molecule has 148 valence electrons. The molecule has 0 radical (unpaired) electrons. The van der Waals surface area contributed by atoms with E-state index in [0.29, 0.717) is 31.4 Å². The lowest BCUT2D eigenvalue weighted by Crippen LogP contribution is -2.26. The zero-order valence-electron chi connectivity index (χ0n) is 15.3. The van der Waals surface area contributed by atoms with Gasteiger partial charge in [-0.25, -0.2) is 0 Å². The first-order valence-corrected chi connectivity index (χ1v) is 8.79. The van der Waals surface area contributed by atoms with Gasteiger partial charge < -0.3 is 20.1 Å². The highest BCUT2D eigenvalue weighted by Crippen LogP contribution is 2.29. The molecular weight excluding hydrogens is 370 g/mol. The average Bonchev–Trinajstić information content (AvgIpc) is 2.68. The molecule has 28 heavy (non-hydrogen) atoms. The van der Waals surface area contributed by atoms with Crippen molar-refractivity contribution in [2.75, 3.05) is 19.0 Å². The normalized spacial score (nSPS) is 12.9. The van der Waals surface area contributed by atoms with Gasteiger partial charge >= 0.3 is 6.61 Å². The van der Waals surface area contributed by atoms with E-state index in [0.717, 1.165) is 16.8 Å². The number of anilines is 1. The largest absolute Gasteiger partial charge is 0.493 e. The number of alkyl halides is 2. The highest BCUT2D eigenvalue weighted by molar-refractivity contribution is 5.97. The van der Waals surface area contributed by atoms with Crippen molar-refractivity contribution in [3.8, 4) is 11.5 Å². The lowest BCUT2D eigenvalue weighted by molar-refractivity contribution is -0.116. The van der Waals surface area contributed by atoms with Crippen molar-refractivity contribution in [3.05, 3.63) is 53.1 Å². The Hall–Kier alpha value is -3.16. The molecule has 0 aromatic heterocycles. The van der Waals surface area contributed by atoms with Gasteiger partial charge in [-0.05, 0) is 54.3 Å². The molecule has 0 bridgehead atoms. The van der Waals surface area contributed by atoms with E-state index < -0.39 is 6.61 Å². The van der Waals surface area contributed by atoms with Crippen molar-refractivity contribution < 1.29 is 27.8 Å². The Balaban J connectivity index is 1.57. The van der Waals surface area contributed by atoms with Gasteiger partial charge in [0.1, 0.15) is 0 Å². The summed E-state index contributed by atoms with van der Waals surface area (Å²) < 4.78 is 34.2. The molecule has 1 aliphatic rings. The minimum absolute atomic E-state index is 0.0231. The summed E-state index contributed by atoms with van der Waals surface area (Å²) in [5.74, 6) is -0.0679. The Labute approximate surface area is 160 Å². The number of carbonyl (C=O) groups excluding carboxylic acids is 2. The predicted octanol–water partition coefficient (Wildman–Crippen LogP) is 3.15. The molecule has 2 N–H and O–H groups in total. The van der Waals surface area contributed by atoms with E-state index in [-0.39, 0.29) is 23.3 Å². The van der Waals surface area contributed by atoms with Crippen molar-refractivity contribution >= 4 is 17.5 Å². The van der Waals surface area contributed by atoms with E-state index in [1.165, 1.54) is 13.2 Å². The first kappa shape index (κ1) is 19.6. The molecule has 0 spiro atoms. The Kier molecular flexibility index (Phi) is 6.08. The van der Waals surface area contributed by atoms with Gasteiger partial charge in [0.25, 0.3) is 5.91 Å². The molecule has 0 fully saturated rings. The summed E-state index contributed by atoms with van der Waals surface area (Å²) >= 11 is 0. The molecule has 3 rings (SSSR count). The Morgan fingerprint density at radius 2 is 2.00 bits per heavy atom. The zero-order valence-corrected chi connectivity index (χ0v) is 15.3. The van der Waals surface area contributed by atoms with E-state index in [9.17, 15) is 18.4 Å². The van der Waals surface area contributed by atoms with Crippen LogP contribution in [-0.2, 0) is 17.6 Å². The summed E-state index contributed by atoms with van der Waals surface area (Å²) in [6, 6.07) is 9.84. The van der Waals surface area contributed by atoms with Crippen LogP contribution in [0.3, 0.4) is 0 Å². The van der Waals surface area contributed by atoms with Crippen LogP contribution >= 0.6 is 0 Å². The van der Waals surface area contributed by atoms with E-state index in [1.807, 2.05) is 0 Å². The number of fused-ring (bicyclic) bond motifs is 1. The molecule has 8 heteroatoms. The van der Waals surface area contributed by atoms with Crippen molar-refractivity contribution in [2.24, 2.45) is 0 Å². The van der Waals surface area contributed by atoms with Gasteiger partial charge in [0.05, 0.1) is 7.11 Å². The minimum atomic E-state index is -2.93. The van der Waals surface area contributed by atoms with Crippen molar-refractivity contribution in [3.63, 3.8) is 0 Å². The number of carbonyl (C=O) groups is 2. The lowest BCUT2D eigenvalue weighted by Gasteiger charge is -2.17. The van der Waals surface area contributed by atoms with Crippen molar-refractivity contribution in [1.29, 1.82) is 0 Å². The summed E-state index contributed by atoms with van der Waals surface area (Å²) in [5.41, 5.74) is 3.01. The van der Waals surface area contributed by atoms with Crippen LogP contribution in [0.15, 0.2) is 36.4 Å². The molecule has 0 unspecified atom stereocenters. The lowest BCUT2D eigenvalue weighted by atomic mass is 10.00. The fourth-order valence-corrected chi connectivity index (χ4v) is 3.01. The second kappa shape index (κ2) is 8.69. The molecule has 0 saturated carbocycles. The van der Waals surface area contributed by atoms with E-state index in [4.69, 9.17) is 4.74 Å². The van der Waals surface area contributed by atoms with Crippen LogP contribution in [0.5, 0.6) is 11.5 Å². The van der Waals surface area contributed by atoms with Crippen molar-refractivity contribution in [1.82, 2.24) is 5.32 Å². The van der Waals surface area contributed by atoms with Gasteiger partial charge in [0, 0.05) is 24.2 Å². The quantitative estimate of drug-likeness (QED) is 0.762. The van der Waals surface area contributed by atoms with Gasteiger partial charge in [-0.3, -0.25) is 9.59 Å². The van der Waals surface area contributed by atoms with E-state index >= 15 is 0 Å². The van der Waals surface area contributed by atoms with Crippen LogP contribution < -0.4 is 20.1 Å². The molecule has 2 amide bonds. The molecule has 0 saturated heterocycles. The van der Waals surface area contributed by atoms with Gasteiger partial charge in [0.15, 0.2) is 11.5 Å². The number of methoxy groups -OCH3 is 1. The van der Waals surface area contributed by atoms with Crippen molar-refractivity contribution in [2.45, 2.75) is 25.9 Å². The molecule has 2 aromatic carbocycles. The van der Waals surface area contributed by atoms with Crippen LogP contribution in [0.2, 0.25) is 0 Å². The van der Waals surface area contributed by atoms with Gasteiger partial charge in [-0.15, -0.1) is 0 Å². The Morgan fingerprint density at radius 1 is 1.18 bits per heavy atom. The van der Waals surface area contributed by atoms with E-state index in [2.05, 4.69) is 15.4 Å². The number of hydrogen-bond acceptors (Lipinski definition) is 4. The summed E-state index contributed by atoms with van der Waals surface area (Å²) in [6.07, 6.45) is 1.51. The van der Waals surface area contributed by atoms with Crippen LogP contribution in [0.25, 0.3) is 0 Å². The highest BCUT2D eigenvalue weighted by atomic mass is 19.3. The van der Waals surface area contributed by atoms with Gasteiger partial charge in [-0.2, -0.15) is 8.78 Å². The summed E-state index contributed by atoms with van der Waals surface area (Å²) in [7, 11) is 1.37. The SMILES string of the molecule is COc1cc(CCNC(=O)c2ccc3c(c2)CCC(=O)N3)ccc1OC(F)F. The zero-order chi connectivity index (χ0) is 20.1. The maximum atomic E-state index is 12.4. The Bertz CT molecular complexity index is 887. The molecule has 6 nitrogen and oxygen atoms in total. The molecule has 0 atom stereocenters. The van der Waals surface area contributed by atoms with Crippen LogP contribution in [0, 0.1) is 0 Å². The average molecular weight is 390 g/mol. The number of benzene rings is 2. The smallest absolute Gasteiger partial charge is 0.387 e. The monoisotopic (exact) mass is 390 g/mol.